The van der Waals surface area contributed by atoms with E-state index in [0.29, 0.717) is 42.1 Å². The molecular weight excluding hydrogens is 873 g/mol. The summed E-state index contributed by atoms with van der Waals surface area (Å²) in [5.74, 6) is -4.42. The molecule has 3 aliphatic carbocycles. The molecule has 360 valence electrons. The molecule has 12 atom stereocenters. The minimum Gasteiger partial charge on any atom is -0.456 e. The Labute approximate surface area is 387 Å². The van der Waals surface area contributed by atoms with Gasteiger partial charge in [-0.2, -0.15) is 0 Å². The van der Waals surface area contributed by atoms with Crippen molar-refractivity contribution in [3.8, 4) is 0 Å². The third-order valence-corrected chi connectivity index (χ3v) is 20.6. The summed E-state index contributed by atoms with van der Waals surface area (Å²) in [5.41, 5.74) is -7.21. The van der Waals surface area contributed by atoms with E-state index in [1.807, 2.05) is 27.7 Å². The summed E-state index contributed by atoms with van der Waals surface area (Å²) in [6.45, 7) is 19.3. The molecule has 16 heteroatoms. The van der Waals surface area contributed by atoms with Crippen molar-refractivity contribution in [2.75, 3.05) is 6.61 Å². The predicted molar refractivity (Wildman–Crippen MR) is 241 cm³/mol. The van der Waals surface area contributed by atoms with Gasteiger partial charge in [0.2, 0.25) is 0 Å². The number of rotatable bonds is 15. The summed E-state index contributed by atoms with van der Waals surface area (Å²) in [7, 11) is -2.97. The highest BCUT2D eigenvalue weighted by molar-refractivity contribution is 6.73. The molecule has 7 rings (SSSR count). The molecule has 2 heterocycles. The van der Waals surface area contributed by atoms with E-state index in [0.717, 1.165) is 0 Å². The van der Waals surface area contributed by atoms with Gasteiger partial charge in [-0.15, -0.1) is 0 Å². The van der Waals surface area contributed by atoms with Gasteiger partial charge in [0.25, 0.3) is 12.3 Å². The number of carbonyl (C=O) groups is 4. The molecule has 2 aromatic rings. The third-order valence-electron chi connectivity index (χ3n) is 15.9. The van der Waals surface area contributed by atoms with Crippen molar-refractivity contribution in [2.45, 2.75) is 166 Å². The lowest BCUT2D eigenvalue weighted by Gasteiger charge is -2.68. The van der Waals surface area contributed by atoms with Crippen LogP contribution >= 0.6 is 0 Å². The van der Waals surface area contributed by atoms with Crippen LogP contribution in [0.3, 0.4) is 0 Å². The van der Waals surface area contributed by atoms with E-state index in [-0.39, 0.29) is 17.7 Å². The lowest BCUT2D eigenvalue weighted by atomic mass is 9.45. The fourth-order valence-electron chi connectivity index (χ4n) is 11.9. The first-order valence-corrected chi connectivity index (χ1v) is 25.6. The van der Waals surface area contributed by atoms with Crippen molar-refractivity contribution in [1.29, 1.82) is 0 Å². The van der Waals surface area contributed by atoms with Gasteiger partial charge < -0.3 is 43.3 Å². The Morgan fingerprint density at radius 3 is 2.11 bits per heavy atom. The molecule has 66 heavy (non-hydrogen) atoms. The first kappa shape index (κ1) is 49.6. The Bertz CT molecular complexity index is 2200. The number of fused-ring (bicyclic) bond motifs is 8. The quantitative estimate of drug-likeness (QED) is 0.0770. The molecule has 0 aromatic heterocycles. The van der Waals surface area contributed by atoms with Crippen LogP contribution in [-0.4, -0.2) is 110 Å². The molecule has 0 spiro atoms. The van der Waals surface area contributed by atoms with Gasteiger partial charge in [0.15, 0.2) is 25.8 Å². The van der Waals surface area contributed by atoms with Crippen LogP contribution < -0.4 is 5.32 Å². The Kier molecular flexibility index (Phi) is 13.7. The zero-order valence-corrected chi connectivity index (χ0v) is 40.4. The van der Waals surface area contributed by atoms with E-state index in [4.69, 9.17) is 32.8 Å². The third kappa shape index (κ3) is 8.06. The van der Waals surface area contributed by atoms with Crippen LogP contribution in [0.25, 0.3) is 0 Å². The van der Waals surface area contributed by atoms with E-state index in [9.17, 15) is 19.5 Å². The number of hydrogen-bond donors (Lipinski definition) is 2. The van der Waals surface area contributed by atoms with Gasteiger partial charge in [0.1, 0.15) is 36.1 Å². The normalized spacial score (nSPS) is 33.6. The summed E-state index contributed by atoms with van der Waals surface area (Å²) < 4.78 is 77.2. The number of nitrogens with one attached hydrogen (secondary N) is 1. The van der Waals surface area contributed by atoms with Gasteiger partial charge in [-0.05, 0) is 86.3 Å². The van der Waals surface area contributed by atoms with E-state index in [1.54, 1.807) is 69.3 Å². The van der Waals surface area contributed by atoms with Gasteiger partial charge >= 0.3 is 17.9 Å². The molecule has 4 fully saturated rings. The number of ether oxygens (including phenoxy) is 6. The Morgan fingerprint density at radius 1 is 0.970 bits per heavy atom. The number of benzene rings is 2. The van der Waals surface area contributed by atoms with Crippen molar-refractivity contribution in [3.63, 3.8) is 0 Å². The van der Waals surface area contributed by atoms with Crippen LogP contribution in [0.15, 0.2) is 84.5 Å². The topological polar surface area (TPSA) is 165 Å². The summed E-state index contributed by atoms with van der Waals surface area (Å²) in [6.07, 6.45) is -7.56. The summed E-state index contributed by atoms with van der Waals surface area (Å²) >= 11 is 0. The summed E-state index contributed by atoms with van der Waals surface area (Å²) in [4.78, 5) is 56.6. The van der Waals surface area contributed by atoms with Crippen molar-refractivity contribution >= 4 is 32.1 Å². The lowest BCUT2D eigenvalue weighted by molar-refractivity contribution is -0.345. The highest BCUT2D eigenvalue weighted by Crippen LogP contribution is 2.67. The van der Waals surface area contributed by atoms with Crippen molar-refractivity contribution in [3.05, 3.63) is 95.6 Å². The van der Waals surface area contributed by atoms with Crippen molar-refractivity contribution < 1.29 is 65.9 Å². The van der Waals surface area contributed by atoms with Gasteiger partial charge in [-0.1, -0.05) is 84.5 Å². The average Bonchev–Trinajstić information content (AvgIpc) is 3.72. The van der Waals surface area contributed by atoms with Gasteiger partial charge in [0.05, 0.1) is 24.2 Å². The molecule has 2 saturated carbocycles. The summed E-state index contributed by atoms with van der Waals surface area (Å²) in [6, 6.07) is 15.3. The minimum absolute atomic E-state index is 0.0754. The van der Waals surface area contributed by atoms with Gasteiger partial charge in [-0.3, -0.25) is 9.59 Å². The van der Waals surface area contributed by atoms with Gasteiger partial charge in [0, 0.05) is 29.7 Å². The van der Waals surface area contributed by atoms with E-state index in [2.05, 4.69) is 11.9 Å². The van der Waals surface area contributed by atoms with Crippen LogP contribution in [0.2, 0.25) is 18.1 Å². The fraction of sp³-hybridized carbons (Fsp3) is 0.600. The SMILES string of the molecule is C=C[C@@H]1O[C@@H]2C3=C(C)[C@@H](OC(=O)[C@](C)(O[Si](CC)(CC)CC)[C@@H](NC(=O)c4ccccc4)C(F)F)C[C@@](O)([C@@H](OC(=O)c4ccccc4)[C@H]4[C@@](C)(CC[C@H]5OC[C@]54OC(C)=O)[C@@H]2O1)C3(C)C. The largest absolute Gasteiger partial charge is 0.456 e. The molecule has 2 N–H and O–H groups in total. The zero-order valence-electron chi connectivity index (χ0n) is 39.4. The van der Waals surface area contributed by atoms with Gasteiger partial charge in [-0.25, -0.2) is 18.4 Å². The van der Waals surface area contributed by atoms with Crippen LogP contribution in [0.5, 0.6) is 0 Å². The van der Waals surface area contributed by atoms with Crippen molar-refractivity contribution in [1.82, 2.24) is 5.32 Å². The number of carbonyl (C=O) groups excluding carboxylic acids is 4. The van der Waals surface area contributed by atoms with Crippen molar-refractivity contribution in [2.24, 2.45) is 16.7 Å². The molecule has 13 nitrogen and oxygen atoms in total. The second kappa shape index (κ2) is 18.3. The van der Waals surface area contributed by atoms with Crippen LogP contribution in [0.1, 0.15) is 102 Å². The average molecular weight is 938 g/mol. The molecule has 2 saturated heterocycles. The number of amides is 1. The first-order valence-electron chi connectivity index (χ1n) is 23.1. The molecule has 2 bridgehead atoms. The minimum atomic E-state index is -3.30. The standard InChI is InChI=1S/C50H65F2NO12Si/c1-11-35-61-37-36-29(5)33(60-45(57)48(10,65-66(12-2,13-3)14-4)39(42(51)52)53-43(55)31-21-17-15-18-22-31)27-50(58,46(36,7)8)41(63-44(56)32-23-19-16-20-24-32)38-47(9,40(37)62-35)26-25-34-49(38,28-59-34)64-30(6)54/h11,15-24,33-35,37-42,58H,1,12-14,25-28H2,2-10H3,(H,53,55)/t33-,34+,35+,37+,38-,39-,40+,41-,47+,48+,49-,50+/m0/s1. The first-order chi connectivity index (χ1) is 31.1. The Hall–Kier alpha value is -4.32. The highest BCUT2D eigenvalue weighted by Gasteiger charge is 2.77. The molecule has 1 amide bonds. The molecule has 2 aliphatic heterocycles. The smallest absolute Gasteiger partial charge is 0.339 e. The second-order valence-electron chi connectivity index (χ2n) is 19.6. The second-order valence-corrected chi connectivity index (χ2v) is 24.3. The number of alkyl halides is 2. The Morgan fingerprint density at radius 2 is 1.58 bits per heavy atom. The molecule has 0 unspecified atom stereocenters. The maximum absolute atomic E-state index is 15.7. The summed E-state index contributed by atoms with van der Waals surface area (Å²) in [5, 5.41) is 16.4. The predicted octanol–water partition coefficient (Wildman–Crippen LogP) is 7.87. The van der Waals surface area contributed by atoms with Crippen LogP contribution in [0, 0.1) is 16.7 Å². The number of esters is 3. The monoisotopic (exact) mass is 937 g/mol. The molecule has 0 radical (unpaired) electrons. The van der Waals surface area contributed by atoms with E-state index in [1.165, 1.54) is 32.1 Å². The Balaban J connectivity index is 1.42. The number of hydrogen-bond acceptors (Lipinski definition) is 12. The maximum atomic E-state index is 15.7. The molecule has 5 aliphatic rings. The molecule has 2 aromatic carbocycles. The number of aliphatic hydroxyl groups is 1. The fourth-order valence-corrected chi connectivity index (χ4v) is 14.9. The maximum Gasteiger partial charge on any atom is 0.339 e. The van der Waals surface area contributed by atoms with E-state index >= 15 is 13.6 Å². The van der Waals surface area contributed by atoms with Crippen LogP contribution in [0.4, 0.5) is 8.78 Å². The lowest BCUT2D eigenvalue weighted by Crippen LogP contribution is -2.79. The number of halogens is 2. The van der Waals surface area contributed by atoms with E-state index < -0.39 is 121 Å². The highest BCUT2D eigenvalue weighted by atomic mass is 28.4. The molecular formula is C50H65F2NO12Si. The van der Waals surface area contributed by atoms with Crippen LogP contribution in [-0.2, 0) is 42.4 Å². The zero-order chi connectivity index (χ0) is 48.2.